The second kappa shape index (κ2) is 54.8. The van der Waals surface area contributed by atoms with Gasteiger partial charge in [-0.2, -0.15) is 0 Å². The zero-order valence-electron chi connectivity index (χ0n) is 45.1. The van der Waals surface area contributed by atoms with E-state index in [1.54, 1.807) is 0 Å². The highest BCUT2D eigenvalue weighted by molar-refractivity contribution is 5.77. The Kier molecular flexibility index (Phi) is 53.8. The quantitative estimate of drug-likeness (QED) is 0.0417. The van der Waals surface area contributed by atoms with Gasteiger partial charge >= 0.3 is 5.97 Å². The number of amides is 1. The Morgan fingerprint density at radius 3 is 0.924 bits per heavy atom. The maximum atomic E-state index is 13.3. The van der Waals surface area contributed by atoms with Gasteiger partial charge in [0.25, 0.3) is 0 Å². The van der Waals surface area contributed by atoms with Crippen LogP contribution in [0.5, 0.6) is 0 Å². The van der Waals surface area contributed by atoms with Gasteiger partial charge in [0.15, 0.2) is 0 Å². The van der Waals surface area contributed by atoms with Crippen LogP contribution in [-0.2, 0) is 14.3 Å². The van der Waals surface area contributed by atoms with Crippen LogP contribution in [0.4, 0.5) is 0 Å². The lowest BCUT2D eigenvalue weighted by atomic mass is 10.0. The Morgan fingerprint density at radius 1 is 0.379 bits per heavy atom. The Hall–Kier alpha value is -1.14. The number of unbranched alkanes of at least 4 members (excludes halogenated alkanes) is 44. The van der Waals surface area contributed by atoms with E-state index < -0.39 is 18.2 Å². The number of aliphatic hydroxyl groups excluding tert-OH is 2. The van der Waals surface area contributed by atoms with Gasteiger partial charge in [-0.3, -0.25) is 9.59 Å². The molecule has 0 aromatic heterocycles. The standard InChI is InChI=1S/C60H119NO5/c1-4-7-10-13-16-19-22-25-28-30-31-33-36-39-42-45-48-51-56(66-60(65)53-50-47-44-41-38-35-27-24-21-18-15-12-9-6-3)54-59(64)61-57(55-62)58(63)52-49-46-43-40-37-34-32-29-26-23-20-17-14-11-8-5-2/h56-58,62-63H,4-55H2,1-3H3,(H,61,64). The average Bonchev–Trinajstić information content (AvgIpc) is 3.31. The summed E-state index contributed by atoms with van der Waals surface area (Å²) in [5.74, 6) is -0.442. The Labute approximate surface area is 413 Å². The first-order chi connectivity index (χ1) is 32.5. The van der Waals surface area contributed by atoms with Crippen molar-refractivity contribution < 1.29 is 24.5 Å². The molecule has 0 rings (SSSR count). The lowest BCUT2D eigenvalue weighted by Gasteiger charge is -2.24. The van der Waals surface area contributed by atoms with Gasteiger partial charge in [-0.15, -0.1) is 0 Å². The highest BCUT2D eigenvalue weighted by Crippen LogP contribution is 2.20. The number of carbonyl (C=O) groups is 2. The number of rotatable bonds is 56. The molecule has 0 fully saturated rings. The minimum absolute atomic E-state index is 0.0889. The molecule has 3 atom stereocenters. The summed E-state index contributed by atoms with van der Waals surface area (Å²) in [6.07, 6.45) is 61.7. The molecular formula is C60H119NO5. The number of nitrogens with one attached hydrogen (secondary N) is 1. The molecule has 0 heterocycles. The van der Waals surface area contributed by atoms with Crippen molar-refractivity contribution in [3.8, 4) is 0 Å². The zero-order chi connectivity index (χ0) is 48.1. The Morgan fingerprint density at radius 2 is 0.636 bits per heavy atom. The van der Waals surface area contributed by atoms with E-state index in [1.165, 1.54) is 263 Å². The molecule has 394 valence electrons. The van der Waals surface area contributed by atoms with Gasteiger partial charge < -0.3 is 20.3 Å². The van der Waals surface area contributed by atoms with Crippen LogP contribution in [0, 0.1) is 0 Å². The van der Waals surface area contributed by atoms with Crippen molar-refractivity contribution in [2.45, 2.75) is 366 Å². The van der Waals surface area contributed by atoms with Crippen molar-refractivity contribution in [2.75, 3.05) is 6.61 Å². The summed E-state index contributed by atoms with van der Waals surface area (Å²) in [4.78, 5) is 26.3. The van der Waals surface area contributed by atoms with Gasteiger partial charge in [-0.05, 0) is 25.7 Å². The molecule has 3 unspecified atom stereocenters. The molecule has 0 aliphatic rings. The van der Waals surface area contributed by atoms with Crippen LogP contribution in [0.2, 0.25) is 0 Å². The summed E-state index contributed by atoms with van der Waals surface area (Å²) < 4.78 is 5.98. The number of hydrogen-bond donors (Lipinski definition) is 3. The molecule has 66 heavy (non-hydrogen) atoms. The van der Waals surface area contributed by atoms with Crippen molar-refractivity contribution in [2.24, 2.45) is 0 Å². The number of ether oxygens (including phenoxy) is 1. The van der Waals surface area contributed by atoms with E-state index in [9.17, 15) is 19.8 Å². The molecule has 0 bridgehead atoms. The maximum absolute atomic E-state index is 13.3. The van der Waals surface area contributed by atoms with E-state index in [-0.39, 0.29) is 24.9 Å². The number of esters is 1. The SMILES string of the molecule is CCCCCCCCCCCCCCCCCCCC(CC(=O)NC(CO)C(O)CCCCCCCCCCCCCCCCCC)OC(=O)CCCCCCCCCCCCCCCC. The minimum atomic E-state index is -0.781. The van der Waals surface area contributed by atoms with Crippen LogP contribution in [0.1, 0.15) is 348 Å². The van der Waals surface area contributed by atoms with Crippen molar-refractivity contribution in [1.29, 1.82) is 0 Å². The van der Waals surface area contributed by atoms with E-state index in [1.807, 2.05) is 0 Å². The Bertz CT molecular complexity index is 959. The van der Waals surface area contributed by atoms with Crippen LogP contribution in [-0.4, -0.2) is 46.9 Å². The molecule has 0 aliphatic carbocycles. The first-order valence-electron chi connectivity index (χ1n) is 30.3. The largest absolute Gasteiger partial charge is 0.462 e. The third-order valence-corrected chi connectivity index (χ3v) is 14.4. The lowest BCUT2D eigenvalue weighted by molar-refractivity contribution is -0.151. The molecule has 0 aromatic carbocycles. The van der Waals surface area contributed by atoms with Crippen LogP contribution < -0.4 is 5.32 Å². The van der Waals surface area contributed by atoms with Crippen LogP contribution in [0.3, 0.4) is 0 Å². The van der Waals surface area contributed by atoms with Crippen molar-refractivity contribution in [1.82, 2.24) is 5.32 Å². The Balaban J connectivity index is 4.47. The number of carbonyl (C=O) groups excluding carboxylic acids is 2. The summed E-state index contributed by atoms with van der Waals surface area (Å²) in [6, 6.07) is -0.693. The van der Waals surface area contributed by atoms with Crippen LogP contribution in [0.25, 0.3) is 0 Å². The first kappa shape index (κ1) is 64.9. The topological polar surface area (TPSA) is 95.9 Å². The van der Waals surface area contributed by atoms with E-state index >= 15 is 0 Å². The molecule has 0 radical (unpaired) electrons. The predicted molar refractivity (Wildman–Crippen MR) is 287 cm³/mol. The van der Waals surface area contributed by atoms with Gasteiger partial charge in [0.1, 0.15) is 6.10 Å². The molecule has 0 spiro atoms. The fourth-order valence-corrected chi connectivity index (χ4v) is 9.85. The van der Waals surface area contributed by atoms with E-state index in [0.29, 0.717) is 19.3 Å². The number of hydrogen-bond acceptors (Lipinski definition) is 5. The number of aliphatic hydroxyl groups is 2. The molecule has 6 nitrogen and oxygen atoms in total. The second-order valence-corrected chi connectivity index (χ2v) is 21.1. The van der Waals surface area contributed by atoms with E-state index in [0.717, 1.165) is 38.5 Å². The van der Waals surface area contributed by atoms with Crippen LogP contribution in [0.15, 0.2) is 0 Å². The van der Waals surface area contributed by atoms with Crippen molar-refractivity contribution in [3.05, 3.63) is 0 Å². The third kappa shape index (κ3) is 49.3. The van der Waals surface area contributed by atoms with Crippen molar-refractivity contribution >= 4 is 11.9 Å². The second-order valence-electron chi connectivity index (χ2n) is 21.1. The molecule has 0 aliphatic heterocycles. The molecule has 6 heteroatoms. The first-order valence-corrected chi connectivity index (χ1v) is 30.3. The fourth-order valence-electron chi connectivity index (χ4n) is 9.85. The normalized spacial score (nSPS) is 13.0. The molecule has 3 N–H and O–H groups in total. The average molecular weight is 935 g/mol. The molecule has 0 aromatic rings. The minimum Gasteiger partial charge on any atom is -0.462 e. The van der Waals surface area contributed by atoms with Gasteiger partial charge in [0.2, 0.25) is 5.91 Å². The monoisotopic (exact) mass is 934 g/mol. The van der Waals surface area contributed by atoms with Crippen LogP contribution >= 0.6 is 0 Å². The maximum Gasteiger partial charge on any atom is 0.306 e. The molecular weight excluding hydrogens is 815 g/mol. The highest BCUT2D eigenvalue weighted by atomic mass is 16.5. The van der Waals surface area contributed by atoms with E-state index in [4.69, 9.17) is 4.74 Å². The summed E-state index contributed by atoms with van der Waals surface area (Å²) in [5, 5.41) is 23.9. The third-order valence-electron chi connectivity index (χ3n) is 14.4. The van der Waals surface area contributed by atoms with Gasteiger partial charge in [-0.25, -0.2) is 0 Å². The zero-order valence-corrected chi connectivity index (χ0v) is 45.1. The highest BCUT2D eigenvalue weighted by Gasteiger charge is 2.24. The molecule has 0 saturated heterocycles. The molecule has 1 amide bonds. The predicted octanol–water partition coefficient (Wildman–Crippen LogP) is 18.7. The van der Waals surface area contributed by atoms with E-state index in [2.05, 4.69) is 26.1 Å². The van der Waals surface area contributed by atoms with Gasteiger partial charge in [0, 0.05) is 6.42 Å². The summed E-state index contributed by atoms with van der Waals surface area (Å²) >= 11 is 0. The fraction of sp³-hybridized carbons (Fsp3) is 0.967. The van der Waals surface area contributed by atoms with Gasteiger partial charge in [-0.1, -0.05) is 310 Å². The van der Waals surface area contributed by atoms with Crippen molar-refractivity contribution in [3.63, 3.8) is 0 Å². The smallest absolute Gasteiger partial charge is 0.306 e. The summed E-state index contributed by atoms with van der Waals surface area (Å²) in [5.41, 5.74) is 0. The summed E-state index contributed by atoms with van der Waals surface area (Å²) in [7, 11) is 0. The molecule has 0 saturated carbocycles. The summed E-state index contributed by atoms with van der Waals surface area (Å²) in [6.45, 7) is 6.55. The lowest BCUT2D eigenvalue weighted by Crippen LogP contribution is -2.46. The van der Waals surface area contributed by atoms with Gasteiger partial charge in [0.05, 0.1) is 25.2 Å².